The summed E-state index contributed by atoms with van der Waals surface area (Å²) in [7, 11) is 0. The summed E-state index contributed by atoms with van der Waals surface area (Å²) in [6.07, 6.45) is 5.76. The van der Waals surface area contributed by atoms with Gasteiger partial charge < -0.3 is 15.0 Å². The van der Waals surface area contributed by atoms with Gasteiger partial charge in [0.05, 0.1) is 5.57 Å². The first-order valence-corrected chi connectivity index (χ1v) is 12.2. The van der Waals surface area contributed by atoms with E-state index in [-0.39, 0.29) is 11.9 Å². The number of nitrogens with one attached hydrogen (secondary N) is 1. The summed E-state index contributed by atoms with van der Waals surface area (Å²) < 4.78 is 5.78. The van der Waals surface area contributed by atoms with Crippen LogP contribution in [-0.2, 0) is 14.3 Å². The van der Waals surface area contributed by atoms with Gasteiger partial charge in [-0.1, -0.05) is 30.5 Å². The van der Waals surface area contributed by atoms with Crippen LogP contribution in [0.3, 0.4) is 0 Å². The SMILES string of the molecule is CC1=C(C(=O)NCCN2CCN(c3cc(Cl)ccc3C)CC2)C2(CCCCCC2)OC1=O. The molecule has 0 bridgehead atoms. The zero-order valence-corrected chi connectivity index (χ0v) is 20.0. The molecule has 3 aliphatic rings. The van der Waals surface area contributed by atoms with Gasteiger partial charge in [-0.2, -0.15) is 0 Å². The van der Waals surface area contributed by atoms with Crippen LogP contribution in [0.1, 0.15) is 51.0 Å². The second-order valence-electron chi connectivity index (χ2n) is 9.31. The highest BCUT2D eigenvalue weighted by atomic mass is 35.5. The van der Waals surface area contributed by atoms with Crippen molar-refractivity contribution >= 4 is 29.2 Å². The van der Waals surface area contributed by atoms with Crippen LogP contribution in [0.2, 0.25) is 5.02 Å². The Kier molecular flexibility index (Phi) is 7.11. The third-order valence-corrected chi connectivity index (χ3v) is 7.40. The number of halogens is 1. The largest absolute Gasteiger partial charge is 0.451 e. The molecule has 7 heteroatoms. The third kappa shape index (κ3) is 4.81. The Labute approximate surface area is 195 Å². The van der Waals surface area contributed by atoms with E-state index in [1.54, 1.807) is 6.92 Å². The predicted octanol–water partition coefficient (Wildman–Crippen LogP) is 3.85. The normalized spacial score (nSPS) is 21.6. The molecular formula is C25H34ClN3O3. The average molecular weight is 460 g/mol. The molecule has 0 radical (unpaired) electrons. The summed E-state index contributed by atoms with van der Waals surface area (Å²) in [6.45, 7) is 8.95. The fourth-order valence-electron chi connectivity index (χ4n) is 5.33. The molecule has 1 aromatic carbocycles. The van der Waals surface area contributed by atoms with Gasteiger partial charge in [-0.3, -0.25) is 9.69 Å². The van der Waals surface area contributed by atoms with E-state index >= 15 is 0 Å². The van der Waals surface area contributed by atoms with Crippen LogP contribution in [0.25, 0.3) is 0 Å². The Bertz CT molecular complexity index is 898. The number of carbonyl (C=O) groups excluding carboxylic acids is 2. The van der Waals surface area contributed by atoms with Gasteiger partial charge in [0.1, 0.15) is 5.60 Å². The smallest absolute Gasteiger partial charge is 0.335 e. The summed E-state index contributed by atoms with van der Waals surface area (Å²) in [6, 6.07) is 6.03. The Balaban J connectivity index is 1.29. The summed E-state index contributed by atoms with van der Waals surface area (Å²) in [5.74, 6) is -0.465. The molecule has 1 aromatic rings. The maximum Gasteiger partial charge on any atom is 0.335 e. The van der Waals surface area contributed by atoms with Gasteiger partial charge >= 0.3 is 5.97 Å². The summed E-state index contributed by atoms with van der Waals surface area (Å²) >= 11 is 6.19. The monoisotopic (exact) mass is 459 g/mol. The maximum absolute atomic E-state index is 13.1. The van der Waals surface area contributed by atoms with E-state index in [0.717, 1.165) is 76.3 Å². The van der Waals surface area contributed by atoms with Gasteiger partial charge in [0.15, 0.2) is 0 Å². The van der Waals surface area contributed by atoms with Gasteiger partial charge in [0.25, 0.3) is 5.91 Å². The minimum Gasteiger partial charge on any atom is -0.451 e. The Hall–Kier alpha value is -2.05. The van der Waals surface area contributed by atoms with E-state index in [1.165, 1.54) is 11.3 Å². The first-order valence-electron chi connectivity index (χ1n) is 11.9. The van der Waals surface area contributed by atoms with E-state index in [9.17, 15) is 9.59 Å². The van der Waals surface area contributed by atoms with Crippen LogP contribution in [0.5, 0.6) is 0 Å². The van der Waals surface area contributed by atoms with Crippen molar-refractivity contribution in [3.05, 3.63) is 39.9 Å². The lowest BCUT2D eigenvalue weighted by Gasteiger charge is -2.37. The van der Waals surface area contributed by atoms with Crippen molar-refractivity contribution in [3.63, 3.8) is 0 Å². The Morgan fingerprint density at radius 2 is 1.78 bits per heavy atom. The van der Waals surface area contributed by atoms with Gasteiger partial charge in [-0.25, -0.2) is 4.79 Å². The van der Waals surface area contributed by atoms with E-state index in [1.807, 2.05) is 12.1 Å². The van der Waals surface area contributed by atoms with E-state index in [2.05, 4.69) is 28.1 Å². The number of amides is 1. The molecule has 2 fully saturated rings. The van der Waals surface area contributed by atoms with Gasteiger partial charge in [0, 0.05) is 55.6 Å². The number of piperazine rings is 1. The van der Waals surface area contributed by atoms with E-state index in [4.69, 9.17) is 16.3 Å². The second kappa shape index (κ2) is 9.84. The van der Waals surface area contributed by atoms with Crippen LogP contribution in [0, 0.1) is 6.92 Å². The number of anilines is 1. The molecule has 2 heterocycles. The standard InChI is InChI=1S/C25H34ClN3O3/c1-18-7-8-20(26)17-21(18)29-15-13-28(14-16-29)12-11-27-23(30)22-19(2)24(31)32-25(22)9-5-3-4-6-10-25/h7-8,17H,3-6,9-16H2,1-2H3,(H,27,30). The second-order valence-corrected chi connectivity index (χ2v) is 9.75. The molecule has 4 rings (SSSR count). The van der Waals surface area contributed by atoms with Gasteiger partial charge in [0.2, 0.25) is 0 Å². The molecule has 2 aliphatic heterocycles. The third-order valence-electron chi connectivity index (χ3n) is 7.16. The topological polar surface area (TPSA) is 61.9 Å². The number of carbonyl (C=O) groups is 2. The Morgan fingerprint density at radius 1 is 1.09 bits per heavy atom. The lowest BCUT2D eigenvalue weighted by atomic mass is 9.84. The molecule has 1 N–H and O–H groups in total. The summed E-state index contributed by atoms with van der Waals surface area (Å²) in [5, 5.41) is 3.84. The zero-order chi connectivity index (χ0) is 22.7. The lowest BCUT2D eigenvalue weighted by molar-refractivity contribution is -0.148. The van der Waals surface area contributed by atoms with Crippen molar-refractivity contribution in [1.29, 1.82) is 0 Å². The van der Waals surface area contributed by atoms with Crippen LogP contribution in [0.4, 0.5) is 5.69 Å². The molecule has 0 unspecified atom stereocenters. The minimum absolute atomic E-state index is 0.136. The number of esters is 1. The minimum atomic E-state index is -0.706. The number of hydrogen-bond acceptors (Lipinski definition) is 5. The average Bonchev–Trinajstić information content (AvgIpc) is 2.91. The fraction of sp³-hybridized carbons (Fsp3) is 0.600. The summed E-state index contributed by atoms with van der Waals surface area (Å²) in [4.78, 5) is 30.1. The first-order chi connectivity index (χ1) is 15.4. The highest BCUT2D eigenvalue weighted by molar-refractivity contribution is 6.30. The predicted molar refractivity (Wildman–Crippen MR) is 127 cm³/mol. The van der Waals surface area contributed by atoms with Crippen LogP contribution < -0.4 is 10.2 Å². The number of hydrogen-bond donors (Lipinski definition) is 1. The number of benzene rings is 1. The van der Waals surface area contributed by atoms with Crippen LogP contribution in [0.15, 0.2) is 29.3 Å². The zero-order valence-electron chi connectivity index (χ0n) is 19.2. The lowest BCUT2D eigenvalue weighted by Crippen LogP contribution is -2.49. The molecule has 1 saturated heterocycles. The first kappa shape index (κ1) is 23.1. The molecule has 0 aromatic heterocycles. The maximum atomic E-state index is 13.1. The molecule has 174 valence electrons. The quantitative estimate of drug-likeness (QED) is 0.677. The van der Waals surface area contributed by atoms with Crippen LogP contribution >= 0.6 is 11.6 Å². The van der Waals surface area contributed by atoms with Gasteiger partial charge in [-0.15, -0.1) is 0 Å². The van der Waals surface area contributed by atoms with E-state index < -0.39 is 5.60 Å². The molecule has 32 heavy (non-hydrogen) atoms. The van der Waals surface area contributed by atoms with Crippen molar-refractivity contribution in [2.75, 3.05) is 44.2 Å². The van der Waals surface area contributed by atoms with Crippen molar-refractivity contribution in [2.45, 2.75) is 58.0 Å². The molecule has 1 saturated carbocycles. The molecule has 1 aliphatic carbocycles. The van der Waals surface area contributed by atoms with Gasteiger partial charge in [-0.05, 0) is 57.2 Å². The number of aryl methyl sites for hydroxylation is 1. The Morgan fingerprint density at radius 3 is 2.47 bits per heavy atom. The molecule has 6 nitrogen and oxygen atoms in total. The molecule has 1 spiro atoms. The summed E-state index contributed by atoms with van der Waals surface area (Å²) in [5.41, 5.74) is 2.79. The molecular weight excluding hydrogens is 426 g/mol. The number of nitrogens with zero attached hydrogens (tertiary/aromatic N) is 2. The van der Waals surface area contributed by atoms with Crippen molar-refractivity contribution in [3.8, 4) is 0 Å². The highest BCUT2D eigenvalue weighted by Gasteiger charge is 2.48. The number of ether oxygens (including phenoxy) is 1. The highest BCUT2D eigenvalue weighted by Crippen LogP contribution is 2.42. The fourth-order valence-corrected chi connectivity index (χ4v) is 5.50. The molecule has 1 amide bonds. The van der Waals surface area contributed by atoms with E-state index in [0.29, 0.717) is 17.7 Å². The van der Waals surface area contributed by atoms with Crippen molar-refractivity contribution < 1.29 is 14.3 Å². The molecule has 0 atom stereocenters. The van der Waals surface area contributed by atoms with Crippen molar-refractivity contribution in [2.24, 2.45) is 0 Å². The van der Waals surface area contributed by atoms with Crippen molar-refractivity contribution in [1.82, 2.24) is 10.2 Å². The number of rotatable bonds is 5. The van der Waals surface area contributed by atoms with Crippen LogP contribution in [-0.4, -0.2) is 61.6 Å².